The lowest BCUT2D eigenvalue weighted by Gasteiger charge is -2.10. The van der Waals surface area contributed by atoms with Gasteiger partial charge >= 0.3 is 0 Å². The van der Waals surface area contributed by atoms with Crippen LogP contribution in [0, 0.1) is 13.8 Å². The molecule has 1 heterocycles. The van der Waals surface area contributed by atoms with Crippen LogP contribution < -0.4 is 10.1 Å². The Balaban J connectivity index is 1.61. The van der Waals surface area contributed by atoms with E-state index in [9.17, 15) is 4.79 Å². The van der Waals surface area contributed by atoms with E-state index in [1.165, 1.54) is 5.56 Å². The van der Waals surface area contributed by atoms with Gasteiger partial charge in [0.2, 0.25) is 5.91 Å². The molecule has 5 heteroatoms. The summed E-state index contributed by atoms with van der Waals surface area (Å²) in [6.07, 6.45) is 2.22. The second-order valence-electron chi connectivity index (χ2n) is 6.68. The summed E-state index contributed by atoms with van der Waals surface area (Å²) >= 11 is 1.65. The fraction of sp³-hybridized carbons (Fsp3) is 0.500. The van der Waals surface area contributed by atoms with Crippen LogP contribution in [0.3, 0.4) is 0 Å². The minimum atomic E-state index is 0.0748. The Morgan fingerprint density at radius 3 is 2.80 bits per heavy atom. The largest absolute Gasteiger partial charge is 0.493 e. The van der Waals surface area contributed by atoms with Crippen molar-refractivity contribution in [3.05, 3.63) is 45.4 Å². The first-order valence-electron chi connectivity index (χ1n) is 8.86. The zero-order valence-electron chi connectivity index (χ0n) is 15.6. The number of rotatable bonds is 9. The van der Waals surface area contributed by atoms with E-state index >= 15 is 0 Å². The van der Waals surface area contributed by atoms with E-state index in [1.807, 2.05) is 12.3 Å². The average molecular weight is 361 g/mol. The van der Waals surface area contributed by atoms with Crippen LogP contribution >= 0.6 is 11.3 Å². The van der Waals surface area contributed by atoms with E-state index in [0.717, 1.165) is 34.9 Å². The average Bonchev–Trinajstić information content (AvgIpc) is 3.05. The molecule has 0 bridgehead atoms. The Labute approximate surface area is 154 Å². The summed E-state index contributed by atoms with van der Waals surface area (Å²) in [6.45, 7) is 9.51. The molecule has 1 aromatic carbocycles. The number of carbonyl (C=O) groups excluding carboxylic acids is 1. The topological polar surface area (TPSA) is 51.2 Å². The van der Waals surface area contributed by atoms with Crippen molar-refractivity contribution in [2.45, 2.75) is 59.4 Å². The molecule has 0 radical (unpaired) electrons. The molecule has 0 aliphatic heterocycles. The summed E-state index contributed by atoms with van der Waals surface area (Å²) in [5.41, 5.74) is 3.29. The summed E-state index contributed by atoms with van der Waals surface area (Å²) < 4.78 is 5.81. The van der Waals surface area contributed by atoms with Crippen molar-refractivity contribution in [1.29, 1.82) is 0 Å². The maximum atomic E-state index is 11.9. The number of nitrogens with one attached hydrogen (secondary N) is 1. The molecule has 1 amide bonds. The SMILES string of the molecule is Cc1ccc(C)c(OCCCCC(=O)NCc2csc(C(C)C)n2)c1. The fourth-order valence-corrected chi connectivity index (χ4v) is 3.21. The molecule has 1 N–H and O–H groups in total. The number of amides is 1. The standard InChI is InChI=1S/C20H28N2O2S/c1-14(2)20-22-17(13-25-20)12-21-19(23)7-5-6-10-24-18-11-15(3)8-9-16(18)4/h8-9,11,13-14H,5-7,10,12H2,1-4H3,(H,21,23). The molecule has 0 saturated carbocycles. The minimum absolute atomic E-state index is 0.0748. The second kappa shape index (κ2) is 9.56. The van der Waals surface area contributed by atoms with Crippen molar-refractivity contribution in [2.75, 3.05) is 6.61 Å². The Bertz CT molecular complexity index is 695. The molecule has 2 rings (SSSR count). The van der Waals surface area contributed by atoms with Gasteiger partial charge in [0.15, 0.2) is 0 Å². The van der Waals surface area contributed by atoms with Gasteiger partial charge in [0.1, 0.15) is 5.75 Å². The molecule has 0 unspecified atom stereocenters. The second-order valence-corrected chi connectivity index (χ2v) is 7.57. The van der Waals surface area contributed by atoms with E-state index in [4.69, 9.17) is 4.74 Å². The number of aryl methyl sites for hydroxylation is 2. The Hall–Kier alpha value is -1.88. The first-order chi connectivity index (χ1) is 12.0. The summed E-state index contributed by atoms with van der Waals surface area (Å²) in [4.78, 5) is 16.4. The molecule has 1 aromatic heterocycles. The molecule has 0 spiro atoms. The van der Waals surface area contributed by atoms with E-state index in [1.54, 1.807) is 11.3 Å². The Morgan fingerprint density at radius 2 is 2.08 bits per heavy atom. The summed E-state index contributed by atoms with van der Waals surface area (Å²) in [5.74, 6) is 1.45. The molecule has 0 fully saturated rings. The number of hydrogen-bond acceptors (Lipinski definition) is 4. The molecular weight excluding hydrogens is 332 g/mol. The minimum Gasteiger partial charge on any atom is -0.493 e. The van der Waals surface area contributed by atoms with Crippen LogP contribution in [-0.4, -0.2) is 17.5 Å². The molecule has 4 nitrogen and oxygen atoms in total. The number of benzene rings is 1. The number of aromatic nitrogens is 1. The van der Waals surface area contributed by atoms with Crippen molar-refractivity contribution in [1.82, 2.24) is 10.3 Å². The number of nitrogens with zero attached hydrogens (tertiary/aromatic N) is 1. The molecule has 2 aromatic rings. The maximum Gasteiger partial charge on any atom is 0.220 e. The van der Waals surface area contributed by atoms with E-state index in [0.29, 0.717) is 25.5 Å². The fourth-order valence-electron chi connectivity index (χ4n) is 2.38. The third kappa shape index (κ3) is 6.50. The van der Waals surface area contributed by atoms with E-state index < -0.39 is 0 Å². The predicted octanol–water partition coefficient (Wildman–Crippen LogP) is 4.75. The van der Waals surface area contributed by atoms with Gasteiger partial charge in [-0.25, -0.2) is 4.98 Å². The van der Waals surface area contributed by atoms with Crippen LogP contribution in [0.1, 0.15) is 60.9 Å². The number of ether oxygens (including phenoxy) is 1. The normalized spacial score (nSPS) is 10.9. The van der Waals surface area contributed by atoms with Gasteiger partial charge in [-0.1, -0.05) is 26.0 Å². The monoisotopic (exact) mass is 360 g/mol. The molecule has 0 aliphatic carbocycles. The summed E-state index contributed by atoms with van der Waals surface area (Å²) in [6, 6.07) is 6.21. The third-order valence-corrected chi connectivity index (χ3v) is 5.12. The van der Waals surface area contributed by atoms with Gasteiger partial charge in [-0.05, 0) is 43.9 Å². The molecule has 0 aliphatic rings. The zero-order chi connectivity index (χ0) is 18.2. The van der Waals surface area contributed by atoms with Crippen LogP contribution in [0.25, 0.3) is 0 Å². The molecule has 0 atom stereocenters. The highest BCUT2D eigenvalue weighted by Crippen LogP contribution is 2.20. The molecule has 136 valence electrons. The third-order valence-electron chi connectivity index (χ3n) is 3.93. The molecule has 0 saturated heterocycles. The van der Waals surface area contributed by atoms with Gasteiger partial charge in [0.05, 0.1) is 23.9 Å². The number of thiazole rings is 1. The summed E-state index contributed by atoms with van der Waals surface area (Å²) in [7, 11) is 0. The zero-order valence-corrected chi connectivity index (χ0v) is 16.4. The number of hydrogen-bond donors (Lipinski definition) is 1. The van der Waals surface area contributed by atoms with E-state index in [-0.39, 0.29) is 5.91 Å². The van der Waals surface area contributed by atoms with Crippen molar-refractivity contribution >= 4 is 17.2 Å². The lowest BCUT2D eigenvalue weighted by Crippen LogP contribution is -2.22. The van der Waals surface area contributed by atoms with Crippen LogP contribution in [0.2, 0.25) is 0 Å². The number of unbranched alkanes of at least 4 members (excludes halogenated alkanes) is 1. The number of carbonyl (C=O) groups is 1. The highest BCUT2D eigenvalue weighted by molar-refractivity contribution is 7.09. The van der Waals surface area contributed by atoms with Gasteiger partial charge < -0.3 is 10.1 Å². The summed E-state index contributed by atoms with van der Waals surface area (Å²) in [5, 5.41) is 6.08. The lowest BCUT2D eigenvalue weighted by atomic mass is 10.1. The van der Waals surface area contributed by atoms with Crippen LogP contribution in [0.4, 0.5) is 0 Å². The highest BCUT2D eigenvalue weighted by atomic mass is 32.1. The molecule has 25 heavy (non-hydrogen) atoms. The van der Waals surface area contributed by atoms with Gasteiger partial charge in [0, 0.05) is 17.7 Å². The molecular formula is C20H28N2O2S. The van der Waals surface area contributed by atoms with Crippen LogP contribution in [-0.2, 0) is 11.3 Å². The smallest absolute Gasteiger partial charge is 0.220 e. The van der Waals surface area contributed by atoms with Gasteiger partial charge in [0.25, 0.3) is 0 Å². The van der Waals surface area contributed by atoms with Crippen molar-refractivity contribution < 1.29 is 9.53 Å². The predicted molar refractivity (Wildman–Crippen MR) is 103 cm³/mol. The van der Waals surface area contributed by atoms with Crippen molar-refractivity contribution in [2.24, 2.45) is 0 Å². The van der Waals surface area contributed by atoms with Gasteiger partial charge in [-0.3, -0.25) is 4.79 Å². The van der Waals surface area contributed by atoms with E-state index in [2.05, 4.69) is 49.3 Å². The first-order valence-corrected chi connectivity index (χ1v) is 9.74. The van der Waals surface area contributed by atoms with Crippen LogP contribution in [0.5, 0.6) is 5.75 Å². The van der Waals surface area contributed by atoms with Crippen molar-refractivity contribution in [3.63, 3.8) is 0 Å². The lowest BCUT2D eigenvalue weighted by molar-refractivity contribution is -0.121. The quantitative estimate of drug-likeness (QED) is 0.657. The first kappa shape index (κ1) is 19.4. The maximum absolute atomic E-state index is 11.9. The van der Waals surface area contributed by atoms with Gasteiger partial charge in [-0.2, -0.15) is 0 Å². The highest BCUT2D eigenvalue weighted by Gasteiger charge is 2.07. The van der Waals surface area contributed by atoms with Crippen molar-refractivity contribution in [3.8, 4) is 5.75 Å². The van der Waals surface area contributed by atoms with Gasteiger partial charge in [-0.15, -0.1) is 11.3 Å². The van der Waals surface area contributed by atoms with Crippen LogP contribution in [0.15, 0.2) is 23.6 Å². The Morgan fingerprint density at radius 1 is 1.28 bits per heavy atom. The Kier molecular flexibility index (Phi) is 7.44.